The Morgan fingerprint density at radius 2 is 2.05 bits per heavy atom. The van der Waals surface area contributed by atoms with Gasteiger partial charge >= 0.3 is 0 Å². The number of rotatable bonds is 3. The topological polar surface area (TPSA) is 65.9 Å². The lowest BCUT2D eigenvalue weighted by atomic mass is 9.84. The van der Waals surface area contributed by atoms with E-state index in [1.165, 1.54) is 32.1 Å². The van der Waals surface area contributed by atoms with Crippen molar-refractivity contribution in [1.29, 1.82) is 5.26 Å². The second-order valence-corrected chi connectivity index (χ2v) is 5.41. The molecule has 4 heteroatoms. The van der Waals surface area contributed by atoms with Crippen LogP contribution in [0.5, 0.6) is 0 Å². The number of anilines is 2. The highest BCUT2D eigenvalue weighted by Gasteiger charge is 2.24. The van der Waals surface area contributed by atoms with Gasteiger partial charge in [-0.05, 0) is 43.7 Å². The molecule has 0 aromatic carbocycles. The zero-order valence-electron chi connectivity index (χ0n) is 11.8. The van der Waals surface area contributed by atoms with E-state index in [0.29, 0.717) is 17.4 Å². The fourth-order valence-corrected chi connectivity index (χ4v) is 2.87. The van der Waals surface area contributed by atoms with Gasteiger partial charge in [0.2, 0.25) is 0 Å². The maximum absolute atomic E-state index is 8.99. The van der Waals surface area contributed by atoms with Crippen LogP contribution in [0.25, 0.3) is 0 Å². The first-order valence-corrected chi connectivity index (χ1v) is 7.05. The minimum atomic E-state index is 0.326. The zero-order valence-corrected chi connectivity index (χ0v) is 11.8. The van der Waals surface area contributed by atoms with Crippen LogP contribution in [0.2, 0.25) is 0 Å². The van der Waals surface area contributed by atoms with E-state index < -0.39 is 0 Å². The lowest BCUT2D eigenvalue weighted by molar-refractivity contribution is 0.313. The van der Waals surface area contributed by atoms with Gasteiger partial charge in [-0.2, -0.15) is 5.26 Å². The fourth-order valence-electron chi connectivity index (χ4n) is 2.87. The SMILES string of the molecule is CCC1CCC(N(C)c2ccc(N)c(C#N)n2)CC1. The maximum Gasteiger partial charge on any atom is 0.165 e. The van der Waals surface area contributed by atoms with E-state index in [-0.39, 0.29) is 0 Å². The van der Waals surface area contributed by atoms with Gasteiger partial charge in [0.15, 0.2) is 5.69 Å². The van der Waals surface area contributed by atoms with Crippen LogP contribution in [0.1, 0.15) is 44.7 Å². The lowest BCUT2D eigenvalue weighted by Crippen LogP contribution is -2.35. The van der Waals surface area contributed by atoms with E-state index in [4.69, 9.17) is 11.0 Å². The molecule has 19 heavy (non-hydrogen) atoms. The Balaban J connectivity index is 2.08. The number of hydrogen-bond acceptors (Lipinski definition) is 4. The molecule has 1 fully saturated rings. The highest BCUT2D eigenvalue weighted by molar-refractivity contribution is 5.55. The molecule has 0 atom stereocenters. The van der Waals surface area contributed by atoms with Gasteiger partial charge in [0.1, 0.15) is 11.9 Å². The molecule has 0 spiro atoms. The first kappa shape index (κ1) is 13.7. The Morgan fingerprint density at radius 3 is 2.63 bits per heavy atom. The van der Waals surface area contributed by atoms with Crippen molar-refractivity contribution in [3.63, 3.8) is 0 Å². The smallest absolute Gasteiger partial charge is 0.165 e. The van der Waals surface area contributed by atoms with Crippen LogP contribution in [0.3, 0.4) is 0 Å². The average Bonchev–Trinajstić information content (AvgIpc) is 2.47. The van der Waals surface area contributed by atoms with Crippen LogP contribution in [-0.4, -0.2) is 18.1 Å². The van der Waals surface area contributed by atoms with Crippen molar-refractivity contribution in [2.75, 3.05) is 17.7 Å². The molecule has 2 rings (SSSR count). The molecule has 0 unspecified atom stereocenters. The third-order valence-corrected chi connectivity index (χ3v) is 4.32. The monoisotopic (exact) mass is 258 g/mol. The molecule has 0 aliphatic heterocycles. The Morgan fingerprint density at radius 1 is 1.37 bits per heavy atom. The van der Waals surface area contributed by atoms with Gasteiger partial charge in [-0.3, -0.25) is 0 Å². The van der Waals surface area contributed by atoms with Crippen molar-refractivity contribution < 1.29 is 0 Å². The molecule has 1 aliphatic carbocycles. The van der Waals surface area contributed by atoms with Gasteiger partial charge in [-0.15, -0.1) is 0 Å². The van der Waals surface area contributed by atoms with Crippen LogP contribution < -0.4 is 10.6 Å². The minimum Gasteiger partial charge on any atom is -0.396 e. The molecule has 1 aliphatic rings. The van der Waals surface area contributed by atoms with Crippen LogP contribution >= 0.6 is 0 Å². The summed E-state index contributed by atoms with van der Waals surface area (Å²) >= 11 is 0. The number of aromatic nitrogens is 1. The quantitative estimate of drug-likeness (QED) is 0.905. The molecule has 0 amide bonds. The number of nitrogens with zero attached hydrogens (tertiary/aromatic N) is 3. The molecule has 1 saturated carbocycles. The molecule has 2 N–H and O–H groups in total. The summed E-state index contributed by atoms with van der Waals surface area (Å²) in [5, 5.41) is 8.99. The Labute approximate surface area is 115 Å². The molecular formula is C15H22N4. The van der Waals surface area contributed by atoms with Crippen LogP contribution in [-0.2, 0) is 0 Å². The average molecular weight is 258 g/mol. The minimum absolute atomic E-state index is 0.326. The molecular weight excluding hydrogens is 236 g/mol. The Hall–Kier alpha value is -1.76. The Bertz CT molecular complexity index is 470. The molecule has 1 heterocycles. The van der Waals surface area contributed by atoms with E-state index in [1.54, 1.807) is 6.07 Å². The molecule has 0 saturated heterocycles. The number of pyridine rings is 1. The molecule has 1 aromatic rings. The van der Waals surface area contributed by atoms with Gasteiger partial charge in [0.05, 0.1) is 5.69 Å². The normalized spacial score (nSPS) is 22.8. The molecule has 1 aromatic heterocycles. The second-order valence-electron chi connectivity index (χ2n) is 5.41. The van der Waals surface area contributed by atoms with E-state index in [9.17, 15) is 0 Å². The van der Waals surface area contributed by atoms with Gasteiger partial charge in [-0.1, -0.05) is 13.3 Å². The summed E-state index contributed by atoms with van der Waals surface area (Å²) in [4.78, 5) is 6.55. The first-order chi connectivity index (χ1) is 9.15. The van der Waals surface area contributed by atoms with Crippen LogP contribution in [0.15, 0.2) is 12.1 Å². The molecule has 102 valence electrons. The van der Waals surface area contributed by atoms with Crippen molar-refractivity contribution >= 4 is 11.5 Å². The van der Waals surface area contributed by atoms with E-state index in [2.05, 4.69) is 23.9 Å². The van der Waals surface area contributed by atoms with Crippen LogP contribution in [0.4, 0.5) is 11.5 Å². The van der Waals surface area contributed by atoms with E-state index in [1.807, 2.05) is 12.1 Å². The van der Waals surface area contributed by atoms with Crippen molar-refractivity contribution in [3.8, 4) is 6.07 Å². The Kier molecular flexibility index (Phi) is 4.26. The summed E-state index contributed by atoms with van der Waals surface area (Å²) in [6, 6.07) is 6.26. The number of nitrogen functional groups attached to an aromatic ring is 1. The highest BCUT2D eigenvalue weighted by Crippen LogP contribution is 2.30. The summed E-state index contributed by atoms with van der Waals surface area (Å²) < 4.78 is 0. The number of hydrogen-bond donors (Lipinski definition) is 1. The first-order valence-electron chi connectivity index (χ1n) is 7.05. The van der Waals surface area contributed by atoms with Gasteiger partial charge in [0.25, 0.3) is 0 Å². The molecule has 4 nitrogen and oxygen atoms in total. The second kappa shape index (κ2) is 5.92. The van der Waals surface area contributed by atoms with Gasteiger partial charge in [0, 0.05) is 13.1 Å². The largest absolute Gasteiger partial charge is 0.396 e. The third-order valence-electron chi connectivity index (χ3n) is 4.32. The van der Waals surface area contributed by atoms with Crippen molar-refractivity contribution in [2.24, 2.45) is 5.92 Å². The van der Waals surface area contributed by atoms with Gasteiger partial charge in [-0.25, -0.2) is 4.98 Å². The van der Waals surface area contributed by atoms with Gasteiger partial charge < -0.3 is 10.6 Å². The lowest BCUT2D eigenvalue weighted by Gasteiger charge is -2.35. The summed E-state index contributed by atoms with van der Waals surface area (Å²) in [5.74, 6) is 1.74. The summed E-state index contributed by atoms with van der Waals surface area (Å²) in [6.07, 6.45) is 6.30. The van der Waals surface area contributed by atoms with E-state index in [0.717, 1.165) is 11.7 Å². The molecule has 0 radical (unpaired) electrons. The summed E-state index contributed by atoms with van der Waals surface area (Å²) in [5.41, 5.74) is 6.49. The van der Waals surface area contributed by atoms with Crippen molar-refractivity contribution in [2.45, 2.75) is 45.1 Å². The number of nitrogens with two attached hydrogens (primary N) is 1. The fraction of sp³-hybridized carbons (Fsp3) is 0.600. The zero-order chi connectivity index (χ0) is 13.8. The van der Waals surface area contributed by atoms with Crippen molar-refractivity contribution in [3.05, 3.63) is 17.8 Å². The van der Waals surface area contributed by atoms with E-state index >= 15 is 0 Å². The summed E-state index contributed by atoms with van der Waals surface area (Å²) in [6.45, 7) is 2.27. The van der Waals surface area contributed by atoms with Crippen molar-refractivity contribution in [1.82, 2.24) is 4.98 Å². The molecule has 0 bridgehead atoms. The predicted molar refractivity (Wildman–Crippen MR) is 77.8 cm³/mol. The number of nitriles is 1. The maximum atomic E-state index is 8.99. The van der Waals surface area contributed by atoms with Crippen LogP contribution in [0, 0.1) is 17.2 Å². The third kappa shape index (κ3) is 2.98. The predicted octanol–water partition coefficient (Wildman–Crippen LogP) is 2.94. The highest BCUT2D eigenvalue weighted by atomic mass is 15.2. The summed E-state index contributed by atoms with van der Waals surface area (Å²) in [7, 11) is 2.07. The standard InChI is InChI=1S/C15H22N4/c1-3-11-4-6-12(7-5-11)19(2)15-9-8-13(17)14(10-16)18-15/h8-9,11-12H,3-7,17H2,1-2H3.